The van der Waals surface area contributed by atoms with E-state index in [1.165, 1.54) is 12.1 Å². The molecule has 1 aromatic carbocycles. The largest absolute Gasteiger partial charge is 0.337 e. The lowest BCUT2D eigenvalue weighted by Crippen LogP contribution is -2.56. The molecule has 1 aromatic rings. The Balaban J connectivity index is 1.38. The number of hydrogen-bond donors (Lipinski definition) is 1. The van der Waals surface area contributed by atoms with Gasteiger partial charge in [0.05, 0.1) is 10.6 Å². The van der Waals surface area contributed by atoms with Crippen LogP contribution in [0.3, 0.4) is 0 Å². The van der Waals surface area contributed by atoms with E-state index in [9.17, 15) is 23.6 Å². The lowest BCUT2D eigenvalue weighted by atomic mass is 9.97. The highest BCUT2D eigenvalue weighted by molar-refractivity contribution is 6.33. The van der Waals surface area contributed by atoms with E-state index in [1.807, 2.05) is 0 Å². The van der Waals surface area contributed by atoms with E-state index in [2.05, 4.69) is 5.32 Å². The van der Waals surface area contributed by atoms with Crippen molar-refractivity contribution in [1.82, 2.24) is 20.0 Å². The van der Waals surface area contributed by atoms with Crippen LogP contribution in [0.2, 0.25) is 5.02 Å². The average molecular weight is 451 g/mol. The maximum atomic E-state index is 13.2. The third kappa shape index (κ3) is 3.75. The number of rotatable bonds is 3. The first-order chi connectivity index (χ1) is 14.7. The van der Waals surface area contributed by atoms with E-state index in [4.69, 9.17) is 11.6 Å². The molecule has 2 aliphatic heterocycles. The molecule has 3 aliphatic rings. The molecule has 8 nitrogen and oxygen atoms in total. The summed E-state index contributed by atoms with van der Waals surface area (Å²) in [5.74, 6) is -1.51. The molecular formula is C21H24ClFN4O4. The number of hydrogen-bond acceptors (Lipinski definition) is 4. The van der Waals surface area contributed by atoms with Crippen molar-refractivity contribution in [2.75, 3.05) is 26.2 Å². The zero-order valence-corrected chi connectivity index (χ0v) is 18.0. The zero-order valence-electron chi connectivity index (χ0n) is 17.2. The van der Waals surface area contributed by atoms with Crippen LogP contribution in [-0.4, -0.2) is 76.2 Å². The number of benzene rings is 1. The van der Waals surface area contributed by atoms with Gasteiger partial charge in [0.1, 0.15) is 17.4 Å². The number of carbonyl (C=O) groups is 4. The normalized spacial score (nSPS) is 21.6. The van der Waals surface area contributed by atoms with Gasteiger partial charge >= 0.3 is 6.03 Å². The van der Waals surface area contributed by atoms with Crippen molar-refractivity contribution < 1.29 is 23.6 Å². The molecule has 2 heterocycles. The van der Waals surface area contributed by atoms with Crippen LogP contribution < -0.4 is 5.32 Å². The van der Waals surface area contributed by atoms with Gasteiger partial charge in [-0.15, -0.1) is 0 Å². The van der Waals surface area contributed by atoms with E-state index in [-0.39, 0.29) is 54.5 Å². The summed E-state index contributed by atoms with van der Waals surface area (Å²) in [7, 11) is 0. The van der Waals surface area contributed by atoms with Crippen molar-refractivity contribution in [3.8, 4) is 0 Å². The summed E-state index contributed by atoms with van der Waals surface area (Å²) in [5, 5.41) is 2.83. The minimum absolute atomic E-state index is 0.0385. The summed E-state index contributed by atoms with van der Waals surface area (Å²) in [6.45, 7) is 2.64. The first kappa shape index (κ1) is 21.5. The van der Waals surface area contributed by atoms with Crippen LogP contribution in [0.4, 0.5) is 9.18 Å². The second kappa shape index (κ2) is 8.11. The molecule has 3 fully saturated rings. The molecule has 1 unspecified atom stereocenters. The van der Waals surface area contributed by atoms with Crippen LogP contribution in [0, 0.1) is 5.82 Å². The number of nitrogens with zero attached hydrogens (tertiary/aromatic N) is 3. The molecule has 0 bridgehead atoms. The molecule has 1 saturated carbocycles. The summed E-state index contributed by atoms with van der Waals surface area (Å²) in [4.78, 5) is 55.2. The molecule has 1 N–H and O–H groups in total. The van der Waals surface area contributed by atoms with E-state index < -0.39 is 23.4 Å². The van der Waals surface area contributed by atoms with E-state index in [0.717, 1.165) is 23.8 Å². The van der Waals surface area contributed by atoms with Crippen LogP contribution in [-0.2, 0) is 9.59 Å². The van der Waals surface area contributed by atoms with Crippen LogP contribution >= 0.6 is 11.6 Å². The molecular weight excluding hydrogens is 427 g/mol. The molecule has 5 amide bonds. The Morgan fingerprint density at radius 3 is 2.32 bits per heavy atom. The topological polar surface area (TPSA) is 90.0 Å². The number of amides is 5. The molecule has 0 aromatic heterocycles. The van der Waals surface area contributed by atoms with Crippen LogP contribution in [0.25, 0.3) is 0 Å². The Hall–Kier alpha value is -2.68. The first-order valence-corrected chi connectivity index (χ1v) is 10.8. The van der Waals surface area contributed by atoms with Gasteiger partial charge in [0.25, 0.3) is 11.8 Å². The molecule has 10 heteroatoms. The number of carbonyl (C=O) groups excluding carboxylic acids is 4. The molecule has 31 heavy (non-hydrogen) atoms. The van der Waals surface area contributed by atoms with Crippen molar-refractivity contribution in [2.45, 2.75) is 44.2 Å². The third-order valence-electron chi connectivity index (χ3n) is 6.44. The minimum Gasteiger partial charge on any atom is -0.337 e. The van der Waals surface area contributed by atoms with Gasteiger partial charge in [-0.05, 0) is 38.0 Å². The highest BCUT2D eigenvalue weighted by Gasteiger charge is 2.54. The molecule has 0 radical (unpaired) electrons. The monoisotopic (exact) mass is 450 g/mol. The van der Waals surface area contributed by atoms with Gasteiger partial charge in [0.2, 0.25) is 5.91 Å². The first-order valence-electron chi connectivity index (χ1n) is 10.4. The van der Waals surface area contributed by atoms with Gasteiger partial charge in [-0.3, -0.25) is 14.4 Å². The number of halogens is 2. The third-order valence-corrected chi connectivity index (χ3v) is 6.75. The second-order valence-electron chi connectivity index (χ2n) is 8.31. The van der Waals surface area contributed by atoms with Gasteiger partial charge in [0, 0.05) is 26.2 Å². The van der Waals surface area contributed by atoms with Crippen LogP contribution in [0.15, 0.2) is 18.2 Å². The van der Waals surface area contributed by atoms with Gasteiger partial charge in [0.15, 0.2) is 0 Å². The van der Waals surface area contributed by atoms with Gasteiger partial charge in [-0.25, -0.2) is 14.1 Å². The second-order valence-corrected chi connectivity index (χ2v) is 8.72. The molecule has 166 valence electrons. The van der Waals surface area contributed by atoms with Crippen molar-refractivity contribution in [3.05, 3.63) is 34.6 Å². The fraction of sp³-hybridized carbons (Fsp3) is 0.524. The predicted molar refractivity (Wildman–Crippen MR) is 110 cm³/mol. The Morgan fingerprint density at radius 2 is 1.71 bits per heavy atom. The Bertz CT molecular complexity index is 941. The lowest BCUT2D eigenvalue weighted by molar-refractivity contribution is -0.143. The van der Waals surface area contributed by atoms with Crippen molar-refractivity contribution in [2.24, 2.45) is 0 Å². The Morgan fingerprint density at radius 1 is 1.10 bits per heavy atom. The highest BCUT2D eigenvalue weighted by atomic mass is 35.5. The summed E-state index contributed by atoms with van der Waals surface area (Å²) < 4.78 is 13.2. The summed E-state index contributed by atoms with van der Waals surface area (Å²) in [6, 6.07) is 2.17. The number of piperazine rings is 1. The molecule has 4 rings (SSSR count). The highest BCUT2D eigenvalue weighted by Crippen LogP contribution is 2.36. The fourth-order valence-corrected chi connectivity index (χ4v) is 4.90. The molecule has 1 aliphatic carbocycles. The van der Waals surface area contributed by atoms with Gasteiger partial charge < -0.3 is 15.1 Å². The van der Waals surface area contributed by atoms with Crippen molar-refractivity contribution in [1.29, 1.82) is 0 Å². The Kier molecular flexibility index (Phi) is 5.63. The summed E-state index contributed by atoms with van der Waals surface area (Å²) >= 11 is 5.99. The van der Waals surface area contributed by atoms with E-state index in [0.29, 0.717) is 12.8 Å². The van der Waals surface area contributed by atoms with Gasteiger partial charge in [-0.1, -0.05) is 24.4 Å². The van der Waals surface area contributed by atoms with Crippen LogP contribution in [0.5, 0.6) is 0 Å². The maximum Gasteiger partial charge on any atom is 0.325 e. The standard InChI is InChI=1S/C21H24ClFN4O4/c1-13(27-19(30)21(24-20(27)31)6-2-3-7-21)17(28)25-8-10-26(11-9-25)18(29)15-5-4-14(23)12-16(15)22/h4-5,12-13H,2-3,6-11H2,1H3,(H,24,31). The number of imide groups is 1. The van der Waals surface area contributed by atoms with Crippen molar-refractivity contribution >= 4 is 35.4 Å². The average Bonchev–Trinajstić information content (AvgIpc) is 3.31. The van der Waals surface area contributed by atoms with Crippen LogP contribution in [0.1, 0.15) is 43.0 Å². The number of urea groups is 1. The molecule has 2 saturated heterocycles. The fourth-order valence-electron chi connectivity index (χ4n) is 4.65. The summed E-state index contributed by atoms with van der Waals surface area (Å²) in [5.41, 5.74) is -0.650. The van der Waals surface area contributed by atoms with Gasteiger partial charge in [-0.2, -0.15) is 0 Å². The lowest BCUT2D eigenvalue weighted by Gasteiger charge is -2.37. The van der Waals surface area contributed by atoms with Crippen molar-refractivity contribution in [3.63, 3.8) is 0 Å². The maximum absolute atomic E-state index is 13.2. The summed E-state index contributed by atoms with van der Waals surface area (Å²) in [6.07, 6.45) is 2.94. The Labute approximate surface area is 184 Å². The molecule has 1 atom stereocenters. The smallest absolute Gasteiger partial charge is 0.325 e. The predicted octanol–water partition coefficient (Wildman–Crippen LogP) is 2.02. The molecule has 1 spiro atoms. The quantitative estimate of drug-likeness (QED) is 0.713. The zero-order chi connectivity index (χ0) is 22.3. The minimum atomic E-state index is -0.915. The number of nitrogens with one attached hydrogen (secondary N) is 1. The van der Waals surface area contributed by atoms with E-state index in [1.54, 1.807) is 16.7 Å². The SMILES string of the molecule is CC(C(=O)N1CCN(C(=O)c2ccc(F)cc2Cl)CC1)N1C(=O)NC2(CCCC2)C1=O. The van der Waals surface area contributed by atoms with E-state index >= 15 is 0 Å².